The number of nitrogens with zero attached hydrogens (tertiary/aromatic N) is 4. The van der Waals surface area contributed by atoms with Gasteiger partial charge in [0.05, 0.1) is 6.04 Å². The van der Waals surface area contributed by atoms with E-state index in [1.165, 1.54) is 6.26 Å². The van der Waals surface area contributed by atoms with E-state index in [4.69, 9.17) is 16.3 Å². The van der Waals surface area contributed by atoms with E-state index >= 15 is 0 Å². The second-order valence-corrected chi connectivity index (χ2v) is 7.67. The van der Waals surface area contributed by atoms with E-state index in [1.54, 1.807) is 0 Å². The summed E-state index contributed by atoms with van der Waals surface area (Å²) in [5.41, 5.74) is 0.0186. The molecular formula is C15H16ClFN4O2S. The molecule has 0 aromatic carbocycles. The van der Waals surface area contributed by atoms with Crippen LogP contribution < -0.4 is 9.64 Å². The number of anilines is 1. The van der Waals surface area contributed by atoms with Crippen molar-refractivity contribution in [2.75, 3.05) is 24.3 Å². The third kappa shape index (κ3) is 2.57. The molecule has 2 atom stereocenters. The quantitative estimate of drug-likeness (QED) is 0.436. The van der Waals surface area contributed by atoms with Crippen molar-refractivity contribution in [1.29, 1.82) is 0 Å². The zero-order chi connectivity index (χ0) is 16.8. The fourth-order valence-electron chi connectivity index (χ4n) is 3.32. The lowest BCUT2D eigenvalue weighted by Crippen LogP contribution is -2.38. The Bertz CT molecular complexity index is 807. The summed E-state index contributed by atoms with van der Waals surface area (Å²) in [4.78, 5) is 14.8. The average molecular weight is 371 g/mol. The molecule has 0 aliphatic carbocycles. The molecule has 0 amide bonds. The van der Waals surface area contributed by atoms with Crippen LogP contribution in [0.3, 0.4) is 0 Å². The number of fused-ring (bicyclic) bond motifs is 2. The summed E-state index contributed by atoms with van der Waals surface area (Å²) < 4.78 is 32.3. The highest BCUT2D eigenvalue weighted by Gasteiger charge is 2.33. The number of rotatable bonds is 1. The first-order valence-electron chi connectivity index (χ1n) is 7.86. The zero-order valence-electron chi connectivity index (χ0n) is 13.1. The Hall–Kier alpha value is -1.38. The molecule has 0 bridgehead atoms. The lowest BCUT2D eigenvalue weighted by molar-refractivity contribution is 0.274. The van der Waals surface area contributed by atoms with Crippen LogP contribution in [0.2, 0.25) is 5.15 Å². The molecular weight excluding hydrogens is 355 g/mol. The number of pyridine rings is 1. The zero-order valence-corrected chi connectivity index (χ0v) is 14.7. The van der Waals surface area contributed by atoms with Crippen LogP contribution in [0.5, 0.6) is 5.88 Å². The molecule has 0 radical (unpaired) electrons. The largest absolute Gasteiger partial charge is 0.609 e. The van der Waals surface area contributed by atoms with Gasteiger partial charge in [-0.15, -0.1) is 0 Å². The van der Waals surface area contributed by atoms with Crippen LogP contribution in [-0.2, 0) is 11.2 Å². The van der Waals surface area contributed by atoms with Crippen molar-refractivity contribution < 1.29 is 13.7 Å². The van der Waals surface area contributed by atoms with Gasteiger partial charge in [-0.25, -0.2) is 4.39 Å². The first-order valence-corrected chi connectivity index (χ1v) is 9.79. The lowest BCUT2D eigenvalue weighted by Gasteiger charge is -2.28. The molecule has 2 aliphatic rings. The molecule has 2 aliphatic heterocycles. The molecule has 128 valence electrons. The van der Waals surface area contributed by atoms with Gasteiger partial charge in [0.1, 0.15) is 23.8 Å². The van der Waals surface area contributed by atoms with E-state index in [1.807, 2.05) is 0 Å². The molecule has 9 heteroatoms. The van der Waals surface area contributed by atoms with Gasteiger partial charge in [0.25, 0.3) is 0 Å². The Kier molecular flexibility index (Phi) is 4.14. The molecule has 4 rings (SSSR count). The molecule has 2 aromatic heterocycles. The van der Waals surface area contributed by atoms with Gasteiger partial charge < -0.3 is 14.2 Å². The third-order valence-electron chi connectivity index (χ3n) is 4.49. The number of hydrogen-bond donors (Lipinski definition) is 0. The minimum absolute atomic E-state index is 0.0186. The Morgan fingerprint density at radius 1 is 1.29 bits per heavy atom. The summed E-state index contributed by atoms with van der Waals surface area (Å²) in [5.74, 6) is 0.0585. The Morgan fingerprint density at radius 2 is 2.12 bits per heavy atom. The SMILES string of the molecule is C[S+]([O-])c1nc2c3c(nc(Cl)c(F)c3n1)OCC1CCCCCN21. The van der Waals surface area contributed by atoms with E-state index < -0.39 is 17.0 Å². The van der Waals surface area contributed by atoms with Crippen molar-refractivity contribution in [2.24, 2.45) is 0 Å². The maximum absolute atomic E-state index is 14.5. The molecule has 0 N–H and O–H groups in total. The van der Waals surface area contributed by atoms with Gasteiger partial charge in [-0.3, -0.25) is 0 Å². The summed E-state index contributed by atoms with van der Waals surface area (Å²) >= 11 is 4.46. The molecule has 24 heavy (non-hydrogen) atoms. The lowest BCUT2D eigenvalue weighted by atomic mass is 10.1. The summed E-state index contributed by atoms with van der Waals surface area (Å²) in [6.07, 6.45) is 5.69. The van der Waals surface area contributed by atoms with Crippen molar-refractivity contribution in [2.45, 2.75) is 36.9 Å². The van der Waals surface area contributed by atoms with Crippen molar-refractivity contribution in [1.82, 2.24) is 15.0 Å². The fourth-order valence-corrected chi connectivity index (χ4v) is 3.92. The van der Waals surface area contributed by atoms with Crippen LogP contribution in [-0.4, -0.2) is 45.0 Å². The molecule has 1 saturated heterocycles. The molecule has 0 spiro atoms. The van der Waals surface area contributed by atoms with Gasteiger partial charge in [0.2, 0.25) is 5.88 Å². The highest BCUT2D eigenvalue weighted by Crippen LogP contribution is 2.39. The first kappa shape index (κ1) is 16.1. The highest BCUT2D eigenvalue weighted by molar-refractivity contribution is 7.90. The van der Waals surface area contributed by atoms with Gasteiger partial charge in [0, 0.05) is 17.7 Å². The summed E-state index contributed by atoms with van der Waals surface area (Å²) in [6.45, 7) is 1.23. The Balaban J connectivity index is 2.03. The predicted molar refractivity (Wildman–Crippen MR) is 89.7 cm³/mol. The van der Waals surface area contributed by atoms with Gasteiger partial charge in [-0.05, 0) is 12.8 Å². The monoisotopic (exact) mass is 370 g/mol. The second kappa shape index (κ2) is 6.16. The maximum Gasteiger partial charge on any atom is 0.345 e. The van der Waals surface area contributed by atoms with Crippen LogP contribution >= 0.6 is 11.6 Å². The van der Waals surface area contributed by atoms with Crippen LogP contribution in [0, 0.1) is 5.82 Å². The van der Waals surface area contributed by atoms with E-state index in [-0.39, 0.29) is 27.7 Å². The van der Waals surface area contributed by atoms with E-state index in [0.29, 0.717) is 17.8 Å². The summed E-state index contributed by atoms with van der Waals surface area (Å²) in [6, 6.07) is 0.125. The molecule has 2 unspecified atom stereocenters. The molecule has 1 fully saturated rings. The predicted octanol–water partition coefficient (Wildman–Crippen LogP) is 2.70. The van der Waals surface area contributed by atoms with Crippen LogP contribution in [0.4, 0.5) is 10.2 Å². The van der Waals surface area contributed by atoms with Gasteiger partial charge in [-0.1, -0.05) is 24.4 Å². The highest BCUT2D eigenvalue weighted by atomic mass is 35.5. The van der Waals surface area contributed by atoms with Crippen molar-refractivity contribution in [3.8, 4) is 5.88 Å². The maximum atomic E-state index is 14.5. The topological polar surface area (TPSA) is 74.2 Å². The van der Waals surface area contributed by atoms with E-state index in [9.17, 15) is 8.94 Å². The minimum atomic E-state index is -1.44. The molecule has 2 aromatic rings. The van der Waals surface area contributed by atoms with Gasteiger partial charge in [-0.2, -0.15) is 15.0 Å². The standard InChI is InChI=1S/C15H16ClFN4O2S/c1-24(22)15-18-11-9-13(20-15)21-6-4-2-3-5-8(21)7-23-14(9)19-12(16)10(11)17/h8H,2-7H2,1H3. The summed E-state index contributed by atoms with van der Waals surface area (Å²) in [5, 5.41) is 0.206. The molecule has 4 heterocycles. The van der Waals surface area contributed by atoms with Gasteiger partial charge >= 0.3 is 5.16 Å². The smallest absolute Gasteiger partial charge is 0.345 e. The first-order chi connectivity index (χ1) is 11.6. The van der Waals surface area contributed by atoms with Gasteiger partial charge in [0.15, 0.2) is 16.8 Å². The van der Waals surface area contributed by atoms with Crippen molar-refractivity contribution in [3.63, 3.8) is 0 Å². The number of ether oxygens (including phenoxy) is 1. The third-order valence-corrected chi connectivity index (χ3v) is 5.44. The average Bonchev–Trinajstić information content (AvgIpc) is 2.87. The normalized spacial score (nSPS) is 21.7. The van der Waals surface area contributed by atoms with Crippen LogP contribution in [0.1, 0.15) is 25.7 Å². The van der Waals surface area contributed by atoms with Crippen LogP contribution in [0.25, 0.3) is 10.9 Å². The number of aromatic nitrogens is 3. The number of halogens is 2. The molecule has 6 nitrogen and oxygen atoms in total. The Labute approximate surface area is 146 Å². The summed E-state index contributed by atoms with van der Waals surface area (Å²) in [7, 11) is 0. The second-order valence-electron chi connectivity index (χ2n) is 6.04. The Morgan fingerprint density at radius 3 is 2.92 bits per heavy atom. The fraction of sp³-hybridized carbons (Fsp3) is 0.533. The minimum Gasteiger partial charge on any atom is -0.609 e. The van der Waals surface area contributed by atoms with E-state index in [2.05, 4.69) is 19.9 Å². The number of hydrogen-bond acceptors (Lipinski definition) is 6. The van der Waals surface area contributed by atoms with Crippen molar-refractivity contribution >= 4 is 39.5 Å². The van der Waals surface area contributed by atoms with Crippen LogP contribution in [0.15, 0.2) is 5.16 Å². The molecule has 0 saturated carbocycles. The van der Waals surface area contributed by atoms with Crippen molar-refractivity contribution in [3.05, 3.63) is 11.0 Å². The van der Waals surface area contributed by atoms with E-state index in [0.717, 1.165) is 32.2 Å².